The van der Waals surface area contributed by atoms with E-state index in [1.165, 1.54) is 54.9 Å². The Morgan fingerprint density at radius 3 is 1.76 bits per heavy atom. The average Bonchev–Trinajstić information content (AvgIpc) is 3.77. The van der Waals surface area contributed by atoms with E-state index in [9.17, 15) is 35.2 Å². The Bertz CT molecular complexity index is 2240. The highest BCUT2D eigenvalue weighted by Crippen LogP contribution is 2.38. The number of rotatable bonds is 14. The van der Waals surface area contributed by atoms with E-state index in [4.69, 9.17) is 11.6 Å². The van der Waals surface area contributed by atoms with Crippen molar-refractivity contribution in [3.8, 4) is 5.75 Å². The molecule has 3 aromatic carbocycles. The van der Waals surface area contributed by atoms with Crippen molar-refractivity contribution in [2.45, 2.75) is 46.1 Å². The molecule has 6 rings (SSSR count). The highest BCUT2D eigenvalue weighted by molar-refractivity contribution is 8.00. The van der Waals surface area contributed by atoms with Crippen LogP contribution < -0.4 is 15.4 Å². The van der Waals surface area contributed by atoms with Gasteiger partial charge in [-0.3, -0.25) is 9.59 Å². The van der Waals surface area contributed by atoms with Gasteiger partial charge in [0, 0.05) is 23.8 Å². The summed E-state index contributed by atoms with van der Waals surface area (Å²) < 4.78 is 82.8. The van der Waals surface area contributed by atoms with Crippen LogP contribution >= 0.6 is 11.6 Å². The number of alkyl halides is 2. The van der Waals surface area contributed by atoms with Crippen molar-refractivity contribution in [1.82, 2.24) is 23.8 Å². The van der Waals surface area contributed by atoms with Crippen LogP contribution in [-0.4, -0.2) is 72.1 Å². The fourth-order valence-electron chi connectivity index (χ4n) is 5.43. The monoisotopic (exact) mass is 803 g/mol. The van der Waals surface area contributed by atoms with Crippen LogP contribution in [0.5, 0.6) is 5.75 Å². The first-order chi connectivity index (χ1) is 25.8. The molecule has 1 aromatic heterocycles. The minimum Gasteiger partial charge on any atom is -0.435 e. The molecule has 0 spiro atoms. The fourth-order valence-corrected chi connectivity index (χ4v) is 9.02. The van der Waals surface area contributed by atoms with Gasteiger partial charge < -0.3 is 15.4 Å². The largest absolute Gasteiger partial charge is 0.435 e. The lowest BCUT2D eigenvalue weighted by Gasteiger charge is -2.16. The molecule has 3 heterocycles. The van der Waals surface area contributed by atoms with E-state index in [1.54, 1.807) is 30.3 Å². The summed E-state index contributed by atoms with van der Waals surface area (Å²) in [5.41, 5.74) is 0.975. The lowest BCUT2D eigenvalue weighted by Crippen LogP contribution is -2.33. The van der Waals surface area contributed by atoms with Crippen LogP contribution in [0, 0.1) is 0 Å². The summed E-state index contributed by atoms with van der Waals surface area (Å²) in [6.45, 7) is 1.07. The molecule has 0 radical (unpaired) electrons. The van der Waals surface area contributed by atoms with Crippen LogP contribution in [0.3, 0.4) is 0 Å². The topological polar surface area (TPSA) is 184 Å². The number of hydrogen-bond acceptors (Lipinski definition) is 11. The third kappa shape index (κ3) is 8.72. The molecule has 54 heavy (non-hydrogen) atoms. The highest BCUT2D eigenvalue weighted by Gasteiger charge is 2.45. The molecule has 2 aliphatic rings. The third-order valence-electron chi connectivity index (χ3n) is 8.01. The number of halogens is 3. The molecule has 0 unspecified atom stereocenters. The smallest absolute Gasteiger partial charge is 0.387 e. The summed E-state index contributed by atoms with van der Waals surface area (Å²) in [6, 6.07) is 20.1. The summed E-state index contributed by atoms with van der Waals surface area (Å²) in [7, 11) is -7.99. The number of anilines is 2. The van der Waals surface area contributed by atoms with Crippen molar-refractivity contribution in [3.05, 3.63) is 113 Å². The van der Waals surface area contributed by atoms with Gasteiger partial charge in [-0.05, 0) is 60.4 Å². The van der Waals surface area contributed by atoms with Gasteiger partial charge >= 0.3 is 6.61 Å². The van der Waals surface area contributed by atoms with Crippen molar-refractivity contribution in [3.63, 3.8) is 0 Å². The number of H-pyrrole nitrogens is 1. The first-order valence-electron chi connectivity index (χ1n) is 16.7. The summed E-state index contributed by atoms with van der Waals surface area (Å²) >= 11 is 5.91. The number of amides is 2. The van der Waals surface area contributed by atoms with E-state index in [-0.39, 0.29) is 46.0 Å². The number of sulfonamides is 2. The Hall–Kier alpha value is -5.33. The molecule has 14 nitrogen and oxygen atoms in total. The maximum atomic E-state index is 13.1. The van der Waals surface area contributed by atoms with Gasteiger partial charge in [-0.25, -0.2) is 30.5 Å². The Balaban J connectivity index is 0.000000213. The molecule has 0 fully saturated rings. The van der Waals surface area contributed by atoms with E-state index in [0.29, 0.717) is 41.1 Å². The van der Waals surface area contributed by atoms with Crippen LogP contribution in [0.2, 0.25) is 5.02 Å². The van der Waals surface area contributed by atoms with Gasteiger partial charge in [-0.2, -0.15) is 18.9 Å². The van der Waals surface area contributed by atoms with Crippen LogP contribution in [-0.2, 0) is 29.6 Å². The molecular formula is C35H36ClF2N7O7S2. The second-order valence-corrected chi connectivity index (χ2v) is 15.8. The zero-order chi connectivity index (χ0) is 39.0. The van der Waals surface area contributed by atoms with Gasteiger partial charge in [0.25, 0.3) is 31.9 Å². The number of carbonyl (C=O) groups is 2. The van der Waals surface area contributed by atoms with Crippen molar-refractivity contribution >= 4 is 64.9 Å². The number of aromatic amines is 1. The van der Waals surface area contributed by atoms with Gasteiger partial charge in [0.1, 0.15) is 33.3 Å². The molecule has 3 N–H and O–H groups in total. The molecule has 0 atom stereocenters. The summed E-state index contributed by atoms with van der Waals surface area (Å²) in [4.78, 5) is 29.4. The first kappa shape index (κ1) is 39.9. The molecule has 0 saturated heterocycles. The zero-order valence-electron chi connectivity index (χ0n) is 29.0. The van der Waals surface area contributed by atoms with E-state index < -0.39 is 38.5 Å². The Labute approximate surface area is 316 Å². The Kier molecular flexibility index (Phi) is 12.7. The first-order valence-corrected chi connectivity index (χ1v) is 19.9. The molecular weight excluding hydrogens is 768 g/mol. The minimum atomic E-state index is -4.07. The quantitative estimate of drug-likeness (QED) is 0.131. The normalized spacial score (nSPS) is 16.2. The number of benzene rings is 3. The molecule has 0 aliphatic carbocycles. The Morgan fingerprint density at radius 2 is 1.28 bits per heavy atom. The van der Waals surface area contributed by atoms with E-state index in [1.807, 2.05) is 13.8 Å². The number of carbonyl (C=O) groups excluding carboxylic acids is 2. The van der Waals surface area contributed by atoms with E-state index in [0.717, 1.165) is 15.0 Å². The van der Waals surface area contributed by atoms with Gasteiger partial charge in [0.2, 0.25) is 5.95 Å². The molecule has 19 heteroatoms. The molecule has 4 aromatic rings. The second-order valence-electron chi connectivity index (χ2n) is 11.7. The fraction of sp³-hybridized carbons (Fsp3) is 0.257. The average molecular weight is 804 g/mol. The number of nitrogens with one attached hydrogen (secondary N) is 3. The summed E-state index contributed by atoms with van der Waals surface area (Å²) in [6.07, 6.45) is 3.89. The molecule has 0 saturated carbocycles. The number of hydrogen-bond donors (Lipinski definition) is 3. The lowest BCUT2D eigenvalue weighted by molar-refractivity contribution is -0.122. The van der Waals surface area contributed by atoms with Crippen LogP contribution in [0.15, 0.2) is 96.6 Å². The lowest BCUT2D eigenvalue weighted by atomic mass is 10.1. The molecule has 0 bridgehead atoms. The third-order valence-corrected chi connectivity index (χ3v) is 12.0. The molecule has 286 valence electrons. The van der Waals surface area contributed by atoms with Gasteiger partial charge in [0.15, 0.2) is 0 Å². The zero-order valence-corrected chi connectivity index (χ0v) is 31.4. The second kappa shape index (κ2) is 17.2. The summed E-state index contributed by atoms with van der Waals surface area (Å²) in [5.74, 6) is -1.11. The SMILES string of the molecule is CCCCN1C(=O)C(Nc2ccc(OC(F)F)cc2)=C(c2ccc(Cl)cc2)S1(=O)=O.CCCCN1C(=O)C(Nc2ncn[nH]2)=C(c2ccccc2)S1(=O)=O. The maximum Gasteiger partial charge on any atom is 0.387 e. The molecule has 2 aliphatic heterocycles. The van der Waals surface area contributed by atoms with Gasteiger partial charge in [0.05, 0.1) is 0 Å². The number of nitrogens with zero attached hydrogens (tertiary/aromatic N) is 4. The molecule has 2 amide bonds. The van der Waals surface area contributed by atoms with Gasteiger partial charge in [-0.1, -0.05) is 80.8 Å². The van der Waals surface area contributed by atoms with Crippen LogP contribution in [0.1, 0.15) is 50.7 Å². The number of aromatic nitrogens is 3. The number of unbranched alkanes of at least 4 members (excludes halogenated alkanes) is 2. The van der Waals surface area contributed by atoms with Crippen molar-refractivity contribution < 1.29 is 39.9 Å². The van der Waals surface area contributed by atoms with Crippen molar-refractivity contribution in [1.29, 1.82) is 0 Å². The standard InChI is InChI=1S/C20H19ClF2N2O4S.C15H17N5O3S/c1-2-3-12-25-19(26)17(24-15-8-10-16(11-9-15)29-20(22)23)18(30(25,27)28)13-4-6-14(21)7-5-13;1-2-3-9-20-14(21)12(18-15-16-10-17-19-15)13(24(20,22)23)11-7-5-4-6-8-11/h4-11,20,24H,2-3,12H2,1H3;4-8,10H,2-3,9H2,1H3,(H2,16,17,18,19). The van der Waals surface area contributed by atoms with E-state index >= 15 is 0 Å². The predicted molar refractivity (Wildman–Crippen MR) is 200 cm³/mol. The Morgan fingerprint density at radius 1 is 0.759 bits per heavy atom. The maximum absolute atomic E-state index is 13.1. The van der Waals surface area contributed by atoms with Crippen molar-refractivity contribution in [2.24, 2.45) is 0 Å². The minimum absolute atomic E-state index is 0.0194. The van der Waals surface area contributed by atoms with Gasteiger partial charge in [-0.15, -0.1) is 0 Å². The van der Waals surface area contributed by atoms with Crippen LogP contribution in [0.4, 0.5) is 20.4 Å². The number of ether oxygens (including phenoxy) is 1. The predicted octanol–water partition coefficient (Wildman–Crippen LogP) is 6.25. The van der Waals surface area contributed by atoms with Crippen molar-refractivity contribution in [2.75, 3.05) is 23.7 Å². The van der Waals surface area contributed by atoms with E-state index in [2.05, 4.69) is 30.6 Å². The summed E-state index contributed by atoms with van der Waals surface area (Å²) in [5, 5.41) is 12.3. The van der Waals surface area contributed by atoms with Crippen LogP contribution in [0.25, 0.3) is 9.81 Å². The highest BCUT2D eigenvalue weighted by atomic mass is 35.5.